The summed E-state index contributed by atoms with van der Waals surface area (Å²) in [6.07, 6.45) is 0. The molecule has 2 rings (SSSR count). The largest absolute Gasteiger partial charge is 0.360 e. The van der Waals surface area contributed by atoms with Crippen molar-refractivity contribution in [3.05, 3.63) is 40.4 Å². The van der Waals surface area contributed by atoms with Gasteiger partial charge in [-0.1, -0.05) is 23.5 Å². The molecule has 0 atom stereocenters. The Labute approximate surface area is 120 Å². The van der Waals surface area contributed by atoms with Crippen molar-refractivity contribution in [1.82, 2.24) is 15.5 Å². The number of nitrogens with one attached hydrogen (secondary N) is 2. The number of hydrogen-bond donors (Lipinski definition) is 2. The lowest BCUT2D eigenvalue weighted by atomic mass is 10.1. The molecule has 0 radical (unpaired) electrons. The number of carbonyl (C=O) groups excluding carboxylic acids is 1. The Morgan fingerprint density at radius 2 is 2.30 bits per heavy atom. The molecule has 0 aliphatic carbocycles. The Morgan fingerprint density at radius 1 is 1.45 bits per heavy atom. The molecule has 1 amide bonds. The van der Waals surface area contributed by atoms with E-state index in [1.807, 2.05) is 13.0 Å². The summed E-state index contributed by atoms with van der Waals surface area (Å²) < 4.78 is 0. The van der Waals surface area contributed by atoms with Crippen molar-refractivity contribution in [2.45, 2.75) is 13.5 Å². The van der Waals surface area contributed by atoms with Crippen molar-refractivity contribution < 1.29 is 4.79 Å². The van der Waals surface area contributed by atoms with Gasteiger partial charge < -0.3 is 10.6 Å². The average molecular weight is 287 g/mol. The molecule has 0 saturated carbocycles. The van der Waals surface area contributed by atoms with Crippen molar-refractivity contribution in [1.29, 1.82) is 5.26 Å². The van der Waals surface area contributed by atoms with Gasteiger partial charge in [0.15, 0.2) is 0 Å². The number of anilines is 1. The highest BCUT2D eigenvalue weighted by molar-refractivity contribution is 7.17. The van der Waals surface area contributed by atoms with Crippen molar-refractivity contribution in [3.8, 4) is 6.07 Å². The summed E-state index contributed by atoms with van der Waals surface area (Å²) in [7, 11) is 0. The van der Waals surface area contributed by atoms with E-state index in [1.54, 1.807) is 18.2 Å². The second-order valence-electron chi connectivity index (χ2n) is 3.94. The van der Waals surface area contributed by atoms with Crippen LogP contribution in [0.4, 0.5) is 5.13 Å². The first-order valence-electron chi connectivity index (χ1n) is 6.07. The first-order valence-corrected chi connectivity index (χ1v) is 6.89. The molecule has 1 aromatic carbocycles. The highest BCUT2D eigenvalue weighted by Crippen LogP contribution is 2.14. The van der Waals surface area contributed by atoms with Crippen LogP contribution in [-0.4, -0.2) is 22.6 Å². The van der Waals surface area contributed by atoms with Gasteiger partial charge in [-0.05, 0) is 24.6 Å². The highest BCUT2D eigenvalue weighted by Gasteiger charge is 2.12. The van der Waals surface area contributed by atoms with Crippen LogP contribution in [-0.2, 0) is 6.54 Å². The summed E-state index contributed by atoms with van der Waals surface area (Å²) in [4.78, 5) is 11.9. The lowest BCUT2D eigenvalue weighted by Gasteiger charge is -2.03. The summed E-state index contributed by atoms with van der Waals surface area (Å²) >= 11 is 1.21. The quantitative estimate of drug-likeness (QED) is 0.874. The zero-order chi connectivity index (χ0) is 14.4. The van der Waals surface area contributed by atoms with Crippen LogP contribution < -0.4 is 10.6 Å². The Kier molecular flexibility index (Phi) is 4.63. The van der Waals surface area contributed by atoms with Crippen LogP contribution in [0.15, 0.2) is 24.3 Å². The smallest absolute Gasteiger partial charge is 0.282 e. The molecular weight excluding hydrogens is 274 g/mol. The number of nitrogens with zero attached hydrogens (tertiary/aromatic N) is 3. The maximum absolute atomic E-state index is 11.9. The predicted octanol–water partition coefficient (Wildman–Crippen LogP) is 1.77. The fourth-order valence-electron chi connectivity index (χ4n) is 1.55. The molecule has 102 valence electrons. The third kappa shape index (κ3) is 3.52. The molecule has 0 aliphatic rings. The third-order valence-electron chi connectivity index (χ3n) is 2.46. The molecule has 1 heterocycles. The Balaban J connectivity index is 1.95. The number of hydrogen-bond acceptors (Lipinski definition) is 6. The van der Waals surface area contributed by atoms with Gasteiger partial charge in [-0.15, -0.1) is 10.2 Å². The van der Waals surface area contributed by atoms with E-state index in [-0.39, 0.29) is 5.91 Å². The van der Waals surface area contributed by atoms with Gasteiger partial charge in [0.25, 0.3) is 5.91 Å². The molecule has 0 saturated heterocycles. The topological polar surface area (TPSA) is 90.7 Å². The van der Waals surface area contributed by atoms with Gasteiger partial charge >= 0.3 is 0 Å². The number of amides is 1. The van der Waals surface area contributed by atoms with Crippen LogP contribution >= 0.6 is 11.3 Å². The van der Waals surface area contributed by atoms with Crippen LogP contribution in [0.1, 0.15) is 27.9 Å². The SMILES string of the molecule is CCNc1nnc(C(=O)NCc2cccc(C#N)c2)s1. The molecule has 7 heteroatoms. The summed E-state index contributed by atoms with van der Waals surface area (Å²) in [6.45, 7) is 3.03. The van der Waals surface area contributed by atoms with Crippen LogP contribution in [0.25, 0.3) is 0 Å². The summed E-state index contributed by atoms with van der Waals surface area (Å²) in [5.41, 5.74) is 1.44. The zero-order valence-corrected chi connectivity index (χ0v) is 11.7. The maximum Gasteiger partial charge on any atom is 0.282 e. The summed E-state index contributed by atoms with van der Waals surface area (Å²) in [5.74, 6) is -0.269. The van der Waals surface area contributed by atoms with Gasteiger partial charge in [0, 0.05) is 13.1 Å². The minimum atomic E-state index is -0.269. The van der Waals surface area contributed by atoms with E-state index in [9.17, 15) is 4.79 Å². The van der Waals surface area contributed by atoms with Gasteiger partial charge in [-0.2, -0.15) is 5.26 Å². The Morgan fingerprint density at radius 3 is 3.05 bits per heavy atom. The minimum Gasteiger partial charge on any atom is -0.360 e. The van der Waals surface area contributed by atoms with Gasteiger partial charge in [0.2, 0.25) is 10.1 Å². The molecule has 0 aliphatic heterocycles. The van der Waals surface area contributed by atoms with Gasteiger partial charge in [-0.25, -0.2) is 0 Å². The van der Waals surface area contributed by atoms with Crippen molar-refractivity contribution in [2.24, 2.45) is 0 Å². The molecular formula is C13H13N5OS. The van der Waals surface area contributed by atoms with E-state index in [4.69, 9.17) is 5.26 Å². The molecule has 2 N–H and O–H groups in total. The van der Waals surface area contributed by atoms with Crippen LogP contribution in [0.5, 0.6) is 0 Å². The Hall–Kier alpha value is -2.46. The van der Waals surface area contributed by atoms with Crippen LogP contribution in [0.3, 0.4) is 0 Å². The van der Waals surface area contributed by atoms with E-state index in [0.29, 0.717) is 22.2 Å². The third-order valence-corrected chi connectivity index (χ3v) is 3.34. The number of carbonyl (C=O) groups is 1. The molecule has 0 fully saturated rings. The normalized spacial score (nSPS) is 9.80. The highest BCUT2D eigenvalue weighted by atomic mass is 32.1. The zero-order valence-electron chi connectivity index (χ0n) is 10.9. The number of benzene rings is 1. The van der Waals surface area contributed by atoms with E-state index < -0.39 is 0 Å². The molecule has 6 nitrogen and oxygen atoms in total. The second kappa shape index (κ2) is 6.63. The number of aromatic nitrogens is 2. The maximum atomic E-state index is 11.9. The van der Waals surface area contributed by atoms with Gasteiger partial charge in [0.1, 0.15) is 0 Å². The minimum absolute atomic E-state index is 0.269. The predicted molar refractivity (Wildman–Crippen MR) is 76.4 cm³/mol. The van der Waals surface area contributed by atoms with Gasteiger partial charge in [0.05, 0.1) is 11.6 Å². The van der Waals surface area contributed by atoms with E-state index >= 15 is 0 Å². The van der Waals surface area contributed by atoms with Crippen molar-refractivity contribution >= 4 is 22.4 Å². The van der Waals surface area contributed by atoms with Crippen LogP contribution in [0, 0.1) is 11.3 Å². The van der Waals surface area contributed by atoms with Crippen molar-refractivity contribution in [2.75, 3.05) is 11.9 Å². The summed E-state index contributed by atoms with van der Waals surface area (Å²) in [5, 5.41) is 23.2. The lowest BCUT2D eigenvalue weighted by Crippen LogP contribution is -2.22. The average Bonchev–Trinajstić information content (AvgIpc) is 2.94. The number of nitriles is 1. The molecule has 0 spiro atoms. The standard InChI is InChI=1S/C13H13N5OS/c1-2-15-13-18-17-12(20-13)11(19)16-8-10-5-3-4-9(6-10)7-14/h3-6H,2,8H2,1H3,(H,15,18)(H,16,19). The van der Waals surface area contributed by atoms with Crippen LogP contribution in [0.2, 0.25) is 0 Å². The number of rotatable bonds is 5. The van der Waals surface area contributed by atoms with Crippen molar-refractivity contribution in [3.63, 3.8) is 0 Å². The lowest BCUT2D eigenvalue weighted by molar-refractivity contribution is 0.0950. The molecule has 2 aromatic rings. The fraction of sp³-hybridized carbons (Fsp3) is 0.231. The van der Waals surface area contributed by atoms with E-state index in [1.165, 1.54) is 11.3 Å². The monoisotopic (exact) mass is 287 g/mol. The van der Waals surface area contributed by atoms with E-state index in [2.05, 4.69) is 26.9 Å². The fourth-order valence-corrected chi connectivity index (χ4v) is 2.27. The van der Waals surface area contributed by atoms with Gasteiger partial charge in [-0.3, -0.25) is 4.79 Å². The summed E-state index contributed by atoms with van der Waals surface area (Å²) in [6, 6.07) is 9.16. The molecule has 0 unspecified atom stereocenters. The Bertz CT molecular complexity index is 646. The molecule has 0 bridgehead atoms. The first kappa shape index (κ1) is 14.0. The molecule has 1 aromatic heterocycles. The second-order valence-corrected chi connectivity index (χ2v) is 4.92. The van der Waals surface area contributed by atoms with E-state index in [0.717, 1.165) is 12.1 Å². The molecule has 20 heavy (non-hydrogen) atoms. The first-order chi connectivity index (χ1) is 9.72.